The largest absolute Gasteiger partial charge is 0.342 e. The van der Waals surface area contributed by atoms with Gasteiger partial charge in [-0.3, -0.25) is 14.2 Å². The molecule has 0 aromatic carbocycles. The molecule has 1 aliphatic heterocycles. The first-order valence-corrected chi connectivity index (χ1v) is 8.47. The molecule has 1 aliphatic rings. The molecule has 1 saturated heterocycles. The molecule has 1 fully saturated rings. The monoisotopic (exact) mass is 338 g/mol. The summed E-state index contributed by atoms with van der Waals surface area (Å²) >= 11 is 0. The van der Waals surface area contributed by atoms with Crippen molar-refractivity contribution in [3.63, 3.8) is 0 Å². The Labute approximate surface area is 145 Å². The summed E-state index contributed by atoms with van der Waals surface area (Å²) in [6.45, 7) is 3.13. The minimum atomic E-state index is -0.313. The van der Waals surface area contributed by atoms with Crippen LogP contribution in [0.1, 0.15) is 31.4 Å². The molecular weight excluding hydrogens is 319 g/mol. The molecule has 0 radical (unpaired) electrons. The van der Waals surface area contributed by atoms with Crippen LogP contribution >= 0.6 is 0 Å². The summed E-state index contributed by atoms with van der Waals surface area (Å²) in [5.41, 5.74) is 3.17. The Morgan fingerprint density at radius 2 is 2.16 bits per heavy atom. The molecule has 1 amide bonds. The van der Waals surface area contributed by atoms with E-state index in [0.29, 0.717) is 12.2 Å². The van der Waals surface area contributed by atoms with Crippen molar-refractivity contribution in [2.75, 3.05) is 13.1 Å². The van der Waals surface area contributed by atoms with E-state index in [4.69, 9.17) is 4.98 Å². The summed E-state index contributed by atoms with van der Waals surface area (Å²) in [6.07, 6.45) is 5.13. The summed E-state index contributed by atoms with van der Waals surface area (Å²) in [5, 5.41) is 0. The van der Waals surface area contributed by atoms with E-state index in [1.54, 1.807) is 23.6 Å². The summed E-state index contributed by atoms with van der Waals surface area (Å²) < 4.78 is 15.3. The van der Waals surface area contributed by atoms with Crippen LogP contribution in [0.4, 0.5) is 4.39 Å². The number of pyridine rings is 2. The van der Waals surface area contributed by atoms with E-state index in [1.165, 1.54) is 12.3 Å². The number of hydrogen-bond acceptors (Lipinski definition) is 3. The Morgan fingerprint density at radius 1 is 1.28 bits per heavy atom. The number of carbonyl (C=O) groups excluding carboxylic acids is 1. The fourth-order valence-electron chi connectivity index (χ4n) is 3.47. The van der Waals surface area contributed by atoms with E-state index < -0.39 is 0 Å². The molecule has 6 heteroatoms. The van der Waals surface area contributed by atoms with E-state index >= 15 is 0 Å². The van der Waals surface area contributed by atoms with Crippen molar-refractivity contribution in [3.8, 4) is 11.4 Å². The highest BCUT2D eigenvalue weighted by atomic mass is 19.1. The molecule has 4 rings (SSSR count). The van der Waals surface area contributed by atoms with Gasteiger partial charge in [-0.1, -0.05) is 6.07 Å². The van der Waals surface area contributed by atoms with Gasteiger partial charge in [-0.05, 0) is 37.1 Å². The summed E-state index contributed by atoms with van der Waals surface area (Å²) in [6, 6.07) is 8.91. The van der Waals surface area contributed by atoms with E-state index in [2.05, 4.69) is 4.98 Å². The standard InChI is InChI=1S/C19H19FN4O/c1-13(25)23-9-3-4-14(11-23)16-5-2-6-17(22-16)18-10-21-19-8-7-15(20)12-24(18)19/h2,5-8,10,12,14H,3-4,9,11H2,1H3. The second-order valence-corrected chi connectivity index (χ2v) is 6.47. The third kappa shape index (κ3) is 2.99. The molecule has 25 heavy (non-hydrogen) atoms. The van der Waals surface area contributed by atoms with Crippen LogP contribution in [0.25, 0.3) is 17.0 Å². The van der Waals surface area contributed by atoms with Gasteiger partial charge in [-0.25, -0.2) is 9.37 Å². The number of rotatable bonds is 2. The lowest BCUT2D eigenvalue weighted by molar-refractivity contribution is -0.130. The molecule has 1 unspecified atom stereocenters. The van der Waals surface area contributed by atoms with Crippen molar-refractivity contribution in [2.45, 2.75) is 25.7 Å². The van der Waals surface area contributed by atoms with Crippen LogP contribution in [0.15, 0.2) is 42.7 Å². The zero-order valence-corrected chi connectivity index (χ0v) is 14.0. The number of piperidine rings is 1. The predicted octanol–water partition coefficient (Wildman–Crippen LogP) is 3.26. The van der Waals surface area contributed by atoms with E-state index in [1.807, 2.05) is 23.1 Å². The van der Waals surface area contributed by atoms with Gasteiger partial charge >= 0.3 is 0 Å². The molecule has 5 nitrogen and oxygen atoms in total. The summed E-state index contributed by atoms with van der Waals surface area (Å²) in [7, 11) is 0. The number of amides is 1. The zero-order valence-electron chi connectivity index (χ0n) is 14.0. The molecule has 0 bridgehead atoms. The fourth-order valence-corrected chi connectivity index (χ4v) is 3.47. The number of carbonyl (C=O) groups is 1. The molecular formula is C19H19FN4O. The SMILES string of the molecule is CC(=O)N1CCCC(c2cccc(-c3cnc4ccc(F)cn34)n2)C1. The first-order valence-electron chi connectivity index (χ1n) is 8.47. The predicted molar refractivity (Wildman–Crippen MR) is 92.6 cm³/mol. The number of aromatic nitrogens is 3. The van der Waals surface area contributed by atoms with Crippen molar-refractivity contribution >= 4 is 11.6 Å². The van der Waals surface area contributed by atoms with Gasteiger partial charge in [0, 0.05) is 37.8 Å². The van der Waals surface area contributed by atoms with Gasteiger partial charge < -0.3 is 4.90 Å². The Kier molecular flexibility index (Phi) is 3.95. The van der Waals surface area contributed by atoms with Gasteiger partial charge in [0.2, 0.25) is 5.91 Å². The second kappa shape index (κ2) is 6.27. The van der Waals surface area contributed by atoms with Gasteiger partial charge in [0.05, 0.1) is 17.6 Å². The van der Waals surface area contributed by atoms with Crippen molar-refractivity contribution < 1.29 is 9.18 Å². The van der Waals surface area contributed by atoms with Crippen molar-refractivity contribution in [1.29, 1.82) is 0 Å². The zero-order chi connectivity index (χ0) is 17.4. The third-order valence-corrected chi connectivity index (χ3v) is 4.79. The molecule has 4 heterocycles. The highest BCUT2D eigenvalue weighted by molar-refractivity contribution is 5.73. The van der Waals surface area contributed by atoms with Gasteiger partial charge in [0.15, 0.2) is 0 Å². The fraction of sp³-hybridized carbons (Fsp3) is 0.316. The number of likely N-dealkylation sites (tertiary alicyclic amines) is 1. The van der Waals surface area contributed by atoms with Gasteiger partial charge in [0.1, 0.15) is 11.5 Å². The van der Waals surface area contributed by atoms with Crippen LogP contribution in [0.5, 0.6) is 0 Å². The number of imidazole rings is 1. The first-order chi connectivity index (χ1) is 12.1. The summed E-state index contributed by atoms with van der Waals surface area (Å²) in [5.74, 6) is 0.0268. The van der Waals surface area contributed by atoms with Crippen molar-refractivity contribution in [1.82, 2.24) is 19.3 Å². The minimum Gasteiger partial charge on any atom is -0.342 e. The maximum absolute atomic E-state index is 13.6. The molecule has 128 valence electrons. The number of nitrogens with zero attached hydrogens (tertiary/aromatic N) is 4. The molecule has 0 aliphatic carbocycles. The smallest absolute Gasteiger partial charge is 0.219 e. The second-order valence-electron chi connectivity index (χ2n) is 6.47. The molecule has 0 N–H and O–H groups in total. The molecule has 1 atom stereocenters. The van der Waals surface area contributed by atoms with Crippen LogP contribution in [0.3, 0.4) is 0 Å². The molecule has 3 aromatic heterocycles. The number of hydrogen-bond donors (Lipinski definition) is 0. The summed E-state index contributed by atoms with van der Waals surface area (Å²) in [4.78, 5) is 22.7. The lowest BCUT2D eigenvalue weighted by Gasteiger charge is -2.31. The Morgan fingerprint density at radius 3 is 3.00 bits per heavy atom. The quantitative estimate of drug-likeness (QED) is 0.721. The maximum atomic E-state index is 13.6. The lowest BCUT2D eigenvalue weighted by Crippen LogP contribution is -2.37. The highest BCUT2D eigenvalue weighted by Gasteiger charge is 2.24. The van der Waals surface area contributed by atoms with Crippen molar-refractivity contribution in [2.24, 2.45) is 0 Å². The maximum Gasteiger partial charge on any atom is 0.219 e. The van der Waals surface area contributed by atoms with E-state index in [0.717, 1.165) is 36.5 Å². The number of fused-ring (bicyclic) bond motifs is 1. The van der Waals surface area contributed by atoms with Crippen LogP contribution in [-0.4, -0.2) is 38.3 Å². The van der Waals surface area contributed by atoms with Gasteiger partial charge in [0.25, 0.3) is 0 Å². The molecule has 0 spiro atoms. The number of halogens is 1. The Balaban J connectivity index is 1.69. The topological polar surface area (TPSA) is 50.5 Å². The van der Waals surface area contributed by atoms with Crippen LogP contribution in [0.2, 0.25) is 0 Å². The van der Waals surface area contributed by atoms with Crippen LogP contribution in [0, 0.1) is 5.82 Å². The minimum absolute atomic E-state index is 0.109. The van der Waals surface area contributed by atoms with E-state index in [9.17, 15) is 9.18 Å². The Bertz CT molecular complexity index is 936. The molecule has 3 aromatic rings. The third-order valence-electron chi connectivity index (χ3n) is 4.79. The molecule has 0 saturated carbocycles. The Hall–Kier alpha value is -2.76. The van der Waals surface area contributed by atoms with E-state index in [-0.39, 0.29) is 17.6 Å². The van der Waals surface area contributed by atoms with Crippen LogP contribution in [-0.2, 0) is 4.79 Å². The van der Waals surface area contributed by atoms with Gasteiger partial charge in [-0.2, -0.15) is 0 Å². The van der Waals surface area contributed by atoms with Crippen molar-refractivity contribution in [3.05, 3.63) is 54.2 Å². The highest BCUT2D eigenvalue weighted by Crippen LogP contribution is 2.28. The lowest BCUT2D eigenvalue weighted by atomic mass is 9.94. The normalized spacial score (nSPS) is 17.8. The van der Waals surface area contributed by atoms with Crippen LogP contribution < -0.4 is 0 Å². The first kappa shape index (κ1) is 15.7. The average Bonchev–Trinajstić information content (AvgIpc) is 3.05. The average molecular weight is 338 g/mol. The van der Waals surface area contributed by atoms with Gasteiger partial charge in [-0.15, -0.1) is 0 Å².